The Balaban J connectivity index is 1.97. The Kier molecular flexibility index (Phi) is 5.46. The number of carbonyl (C=O) groups excluding carboxylic acids is 1. The van der Waals surface area contributed by atoms with Crippen LogP contribution in [-0.2, 0) is 11.3 Å². The molecule has 1 aromatic heterocycles. The highest BCUT2D eigenvalue weighted by atomic mass is 35.5. The third kappa shape index (κ3) is 4.02. The quantitative estimate of drug-likeness (QED) is 0.885. The molecule has 0 aliphatic carbocycles. The monoisotopic (exact) mass is 322 g/mol. The number of carbonyl (C=O) groups is 1. The van der Waals surface area contributed by atoms with Crippen molar-refractivity contribution in [1.29, 1.82) is 0 Å². The molecule has 0 unspecified atom stereocenters. The fourth-order valence-corrected chi connectivity index (χ4v) is 2.23. The van der Waals surface area contributed by atoms with Crippen molar-refractivity contribution in [3.05, 3.63) is 47.4 Å². The third-order valence-corrected chi connectivity index (χ3v) is 3.74. The van der Waals surface area contributed by atoms with Crippen molar-refractivity contribution in [3.8, 4) is 5.75 Å². The van der Waals surface area contributed by atoms with Gasteiger partial charge in [0.2, 0.25) is 5.91 Å². The van der Waals surface area contributed by atoms with Crippen LogP contribution in [-0.4, -0.2) is 31.0 Å². The number of hydrogen-bond acceptors (Lipinski definition) is 4. The van der Waals surface area contributed by atoms with Gasteiger partial charge in [-0.05, 0) is 44.3 Å². The number of ether oxygens (including phenoxy) is 1. The average Bonchev–Trinajstić information content (AvgIpc) is 2.99. The zero-order chi connectivity index (χ0) is 16.1. The summed E-state index contributed by atoms with van der Waals surface area (Å²) in [5.74, 6) is 1.27. The van der Waals surface area contributed by atoms with Crippen LogP contribution in [0.1, 0.15) is 12.7 Å². The van der Waals surface area contributed by atoms with Gasteiger partial charge in [0, 0.05) is 5.69 Å². The second-order valence-electron chi connectivity index (χ2n) is 5.01. The van der Waals surface area contributed by atoms with Crippen molar-refractivity contribution >= 4 is 23.2 Å². The number of likely N-dealkylation sites (N-methyl/N-ethyl adjacent to an activating group) is 1. The molecule has 22 heavy (non-hydrogen) atoms. The smallest absolute Gasteiger partial charge is 0.241 e. The molecule has 1 heterocycles. The van der Waals surface area contributed by atoms with E-state index < -0.39 is 0 Å². The van der Waals surface area contributed by atoms with Crippen molar-refractivity contribution in [1.82, 2.24) is 4.90 Å². The molecule has 5 nitrogen and oxygen atoms in total. The van der Waals surface area contributed by atoms with Crippen molar-refractivity contribution in [2.24, 2.45) is 0 Å². The summed E-state index contributed by atoms with van der Waals surface area (Å²) in [6, 6.07) is 8.53. The van der Waals surface area contributed by atoms with Crippen LogP contribution in [0.2, 0.25) is 5.02 Å². The molecule has 1 aromatic carbocycles. The predicted octanol–water partition coefficient (Wildman–Crippen LogP) is 3.40. The average molecular weight is 323 g/mol. The Morgan fingerprint density at radius 2 is 2.23 bits per heavy atom. The SMILES string of the molecule is COc1ccc(NC(=O)[C@H](C)N(C)Cc2ccco2)cc1Cl. The lowest BCUT2D eigenvalue weighted by Gasteiger charge is -2.23. The number of methoxy groups -OCH3 is 1. The largest absolute Gasteiger partial charge is 0.495 e. The van der Waals surface area contributed by atoms with Crippen LogP contribution in [0.15, 0.2) is 41.0 Å². The number of halogens is 1. The first-order valence-corrected chi connectivity index (χ1v) is 7.26. The first kappa shape index (κ1) is 16.4. The van der Waals surface area contributed by atoms with Crippen LogP contribution >= 0.6 is 11.6 Å². The van der Waals surface area contributed by atoms with E-state index in [1.165, 1.54) is 0 Å². The maximum Gasteiger partial charge on any atom is 0.241 e. The van der Waals surface area contributed by atoms with Gasteiger partial charge >= 0.3 is 0 Å². The van der Waals surface area contributed by atoms with Crippen LogP contribution < -0.4 is 10.1 Å². The molecule has 0 radical (unpaired) electrons. The van der Waals surface area contributed by atoms with Crippen molar-refractivity contribution in [3.63, 3.8) is 0 Å². The fourth-order valence-electron chi connectivity index (χ4n) is 1.98. The van der Waals surface area contributed by atoms with Crippen molar-refractivity contribution < 1.29 is 13.9 Å². The Bertz CT molecular complexity index is 628. The standard InChI is InChI=1S/C16H19ClN2O3/c1-11(19(2)10-13-5-4-8-22-13)16(20)18-12-6-7-15(21-3)14(17)9-12/h4-9,11H,10H2,1-3H3,(H,18,20)/t11-/m0/s1. The minimum Gasteiger partial charge on any atom is -0.495 e. The minimum atomic E-state index is -0.314. The molecule has 1 N–H and O–H groups in total. The number of hydrogen-bond donors (Lipinski definition) is 1. The summed E-state index contributed by atoms with van der Waals surface area (Å²) >= 11 is 6.05. The summed E-state index contributed by atoms with van der Waals surface area (Å²) in [4.78, 5) is 14.2. The lowest BCUT2D eigenvalue weighted by molar-refractivity contribution is -0.120. The normalized spacial score (nSPS) is 12.2. The second-order valence-corrected chi connectivity index (χ2v) is 5.42. The summed E-state index contributed by atoms with van der Waals surface area (Å²) in [6.07, 6.45) is 1.62. The molecule has 0 saturated carbocycles. The van der Waals surface area contributed by atoms with E-state index in [9.17, 15) is 4.79 Å². The van der Waals surface area contributed by atoms with Gasteiger partial charge in [-0.25, -0.2) is 0 Å². The summed E-state index contributed by atoms with van der Waals surface area (Å²) < 4.78 is 10.4. The number of furan rings is 1. The number of benzene rings is 1. The maximum absolute atomic E-state index is 12.3. The van der Waals surface area contributed by atoms with Gasteiger partial charge < -0.3 is 14.5 Å². The minimum absolute atomic E-state index is 0.115. The van der Waals surface area contributed by atoms with Crippen LogP contribution in [0, 0.1) is 0 Å². The molecular weight excluding hydrogens is 304 g/mol. The fraction of sp³-hybridized carbons (Fsp3) is 0.312. The molecule has 118 valence electrons. The highest BCUT2D eigenvalue weighted by Crippen LogP contribution is 2.27. The molecule has 2 aromatic rings. The van der Waals surface area contributed by atoms with Crippen molar-refractivity contribution in [2.45, 2.75) is 19.5 Å². The molecular formula is C16H19ClN2O3. The molecule has 0 saturated heterocycles. The van der Waals surface area contributed by atoms with Crippen LogP contribution in [0.3, 0.4) is 0 Å². The summed E-state index contributed by atoms with van der Waals surface area (Å²) in [7, 11) is 3.42. The van der Waals surface area contributed by atoms with Crippen LogP contribution in [0.5, 0.6) is 5.75 Å². The van der Waals surface area contributed by atoms with Gasteiger partial charge in [-0.3, -0.25) is 9.69 Å². The van der Waals surface area contributed by atoms with E-state index in [1.807, 2.05) is 31.0 Å². The molecule has 1 atom stereocenters. The first-order valence-electron chi connectivity index (χ1n) is 6.88. The molecule has 2 rings (SSSR count). The first-order chi connectivity index (χ1) is 10.5. The van der Waals surface area contributed by atoms with Gasteiger partial charge in [0.25, 0.3) is 0 Å². The van der Waals surface area contributed by atoms with Crippen molar-refractivity contribution in [2.75, 3.05) is 19.5 Å². The number of nitrogens with zero attached hydrogens (tertiary/aromatic N) is 1. The van der Waals surface area contributed by atoms with E-state index >= 15 is 0 Å². The highest BCUT2D eigenvalue weighted by molar-refractivity contribution is 6.32. The third-order valence-electron chi connectivity index (χ3n) is 3.45. The molecule has 0 bridgehead atoms. The number of anilines is 1. The summed E-state index contributed by atoms with van der Waals surface area (Å²) in [5.41, 5.74) is 0.633. The Morgan fingerprint density at radius 3 is 2.82 bits per heavy atom. The molecule has 0 aliphatic heterocycles. The Labute approximate surface area is 134 Å². The second kappa shape index (κ2) is 7.33. The van der Waals surface area contributed by atoms with E-state index in [1.54, 1.807) is 31.6 Å². The number of amides is 1. The molecule has 0 fully saturated rings. The topological polar surface area (TPSA) is 54.7 Å². The maximum atomic E-state index is 12.3. The predicted molar refractivity (Wildman–Crippen MR) is 86.3 cm³/mol. The zero-order valence-corrected chi connectivity index (χ0v) is 13.6. The Hall–Kier alpha value is -1.98. The van der Waals surface area contributed by atoms with E-state index in [4.69, 9.17) is 20.8 Å². The van der Waals surface area contributed by atoms with Crippen LogP contribution in [0.4, 0.5) is 5.69 Å². The molecule has 0 spiro atoms. The van der Waals surface area contributed by atoms with Gasteiger partial charge in [0.15, 0.2) is 0 Å². The van der Waals surface area contributed by atoms with Crippen LogP contribution in [0.25, 0.3) is 0 Å². The Morgan fingerprint density at radius 1 is 1.45 bits per heavy atom. The lowest BCUT2D eigenvalue weighted by atomic mass is 10.2. The van der Waals surface area contributed by atoms with Gasteiger partial charge in [-0.1, -0.05) is 11.6 Å². The zero-order valence-electron chi connectivity index (χ0n) is 12.8. The molecule has 6 heteroatoms. The van der Waals surface area contributed by atoms with Gasteiger partial charge in [-0.15, -0.1) is 0 Å². The van der Waals surface area contributed by atoms with E-state index in [2.05, 4.69) is 5.32 Å². The molecule has 0 aliphatic rings. The number of rotatable bonds is 6. The molecule has 1 amide bonds. The highest BCUT2D eigenvalue weighted by Gasteiger charge is 2.19. The summed E-state index contributed by atoms with van der Waals surface area (Å²) in [5, 5.41) is 3.30. The summed E-state index contributed by atoms with van der Waals surface area (Å²) in [6.45, 7) is 2.40. The lowest BCUT2D eigenvalue weighted by Crippen LogP contribution is -2.39. The van der Waals surface area contributed by atoms with E-state index in [-0.39, 0.29) is 11.9 Å². The van der Waals surface area contributed by atoms with Gasteiger partial charge in [0.05, 0.1) is 31.0 Å². The van der Waals surface area contributed by atoms with Gasteiger partial charge in [0.1, 0.15) is 11.5 Å². The van der Waals surface area contributed by atoms with E-state index in [0.29, 0.717) is 23.0 Å². The number of nitrogens with one attached hydrogen (secondary N) is 1. The van der Waals surface area contributed by atoms with Gasteiger partial charge in [-0.2, -0.15) is 0 Å². The van der Waals surface area contributed by atoms with E-state index in [0.717, 1.165) is 5.76 Å².